The minimum atomic E-state index is 0.00465. The topological polar surface area (TPSA) is 66.0 Å². The van der Waals surface area contributed by atoms with Crippen LogP contribution >= 0.6 is 0 Å². The van der Waals surface area contributed by atoms with Crippen molar-refractivity contribution in [2.45, 2.75) is 51.8 Å². The Bertz CT molecular complexity index is 346. The molecule has 1 aromatic heterocycles. The summed E-state index contributed by atoms with van der Waals surface area (Å²) in [6.45, 7) is 5.74. The molecular formula is C12H22N4O. The van der Waals surface area contributed by atoms with Crippen LogP contribution in [0.1, 0.15) is 45.0 Å². The molecule has 0 bridgehead atoms. The Morgan fingerprint density at radius 1 is 1.53 bits per heavy atom. The van der Waals surface area contributed by atoms with Crippen molar-refractivity contribution in [2.75, 3.05) is 6.61 Å². The third-order valence-electron chi connectivity index (χ3n) is 3.46. The predicted octanol–water partition coefficient (Wildman–Crippen LogP) is 1.50. The molecule has 1 atom stereocenters. The molecule has 0 radical (unpaired) electrons. The molecule has 0 aromatic carbocycles. The largest absolute Gasteiger partial charge is 0.378 e. The third kappa shape index (κ3) is 2.84. The summed E-state index contributed by atoms with van der Waals surface area (Å²) in [4.78, 5) is 4.25. The van der Waals surface area contributed by atoms with Gasteiger partial charge in [0.1, 0.15) is 12.2 Å². The fraction of sp³-hybridized carbons (Fsp3) is 0.833. The number of nitrogens with zero attached hydrogens (tertiary/aromatic N) is 3. The summed E-state index contributed by atoms with van der Waals surface area (Å²) in [6.07, 6.45) is 5.31. The molecule has 0 aliphatic heterocycles. The molecule has 5 heteroatoms. The van der Waals surface area contributed by atoms with Gasteiger partial charge < -0.3 is 10.5 Å². The van der Waals surface area contributed by atoms with Gasteiger partial charge in [-0.1, -0.05) is 0 Å². The molecule has 1 saturated carbocycles. The molecule has 1 aliphatic rings. The Morgan fingerprint density at radius 2 is 2.29 bits per heavy atom. The minimum absolute atomic E-state index is 0.00465. The van der Waals surface area contributed by atoms with E-state index in [-0.39, 0.29) is 6.04 Å². The molecule has 1 unspecified atom stereocenters. The highest BCUT2D eigenvalue weighted by Crippen LogP contribution is 2.35. The van der Waals surface area contributed by atoms with Gasteiger partial charge in [0.05, 0.1) is 12.1 Å². The van der Waals surface area contributed by atoms with Crippen LogP contribution in [0.25, 0.3) is 0 Å². The second kappa shape index (κ2) is 5.60. The number of nitrogens with two attached hydrogens (primary N) is 1. The van der Waals surface area contributed by atoms with Crippen LogP contribution in [0.2, 0.25) is 0 Å². The Labute approximate surface area is 102 Å². The highest BCUT2D eigenvalue weighted by atomic mass is 16.5. The lowest BCUT2D eigenvalue weighted by Gasteiger charge is -2.36. The number of hydrogen-bond acceptors (Lipinski definition) is 4. The normalized spacial score (nSPS) is 25.6. The average Bonchev–Trinajstić information content (AvgIpc) is 2.74. The fourth-order valence-corrected chi connectivity index (χ4v) is 2.51. The summed E-state index contributed by atoms with van der Waals surface area (Å²) in [5, 5.41) is 4.15. The molecule has 0 amide bonds. The van der Waals surface area contributed by atoms with Gasteiger partial charge in [0.2, 0.25) is 0 Å². The molecule has 2 rings (SSSR count). The van der Waals surface area contributed by atoms with Gasteiger partial charge in [0.25, 0.3) is 0 Å². The van der Waals surface area contributed by atoms with Gasteiger partial charge in [-0.2, -0.15) is 5.10 Å². The first kappa shape index (κ1) is 12.5. The average molecular weight is 238 g/mol. The number of aryl methyl sites for hydroxylation is 1. The van der Waals surface area contributed by atoms with Gasteiger partial charge in [0, 0.05) is 13.2 Å². The van der Waals surface area contributed by atoms with Gasteiger partial charge in [-0.3, -0.25) is 0 Å². The predicted molar refractivity (Wildman–Crippen MR) is 65.4 cm³/mol. The second-order valence-corrected chi connectivity index (χ2v) is 4.69. The van der Waals surface area contributed by atoms with E-state index in [1.807, 2.05) is 11.6 Å². The van der Waals surface area contributed by atoms with Crippen molar-refractivity contribution in [1.29, 1.82) is 0 Å². The van der Waals surface area contributed by atoms with Crippen LogP contribution in [0, 0.1) is 5.92 Å². The van der Waals surface area contributed by atoms with Crippen molar-refractivity contribution in [3.8, 4) is 0 Å². The number of aromatic nitrogens is 3. The highest BCUT2D eigenvalue weighted by molar-refractivity contribution is 4.95. The Hall–Kier alpha value is -0.940. The van der Waals surface area contributed by atoms with E-state index in [9.17, 15) is 0 Å². The summed E-state index contributed by atoms with van der Waals surface area (Å²) < 4.78 is 7.43. The van der Waals surface area contributed by atoms with E-state index >= 15 is 0 Å². The zero-order valence-corrected chi connectivity index (χ0v) is 10.7. The summed E-state index contributed by atoms with van der Waals surface area (Å²) in [5.41, 5.74) is 6.18. The van der Waals surface area contributed by atoms with E-state index in [1.54, 1.807) is 6.33 Å². The highest BCUT2D eigenvalue weighted by Gasteiger charge is 2.31. The quantitative estimate of drug-likeness (QED) is 0.815. The first-order valence-corrected chi connectivity index (χ1v) is 6.49. The van der Waals surface area contributed by atoms with E-state index in [1.165, 1.54) is 0 Å². The van der Waals surface area contributed by atoms with E-state index in [4.69, 9.17) is 10.5 Å². The van der Waals surface area contributed by atoms with Gasteiger partial charge in [0.15, 0.2) is 0 Å². The molecule has 5 nitrogen and oxygen atoms in total. The number of rotatable bonds is 6. The van der Waals surface area contributed by atoms with Crippen LogP contribution in [0.15, 0.2) is 6.33 Å². The van der Waals surface area contributed by atoms with Crippen LogP contribution in [0.4, 0.5) is 0 Å². The maximum absolute atomic E-state index is 6.18. The van der Waals surface area contributed by atoms with Crippen LogP contribution in [-0.2, 0) is 11.3 Å². The van der Waals surface area contributed by atoms with Crippen LogP contribution < -0.4 is 5.73 Å². The smallest absolute Gasteiger partial charge is 0.143 e. The zero-order valence-electron chi connectivity index (χ0n) is 10.7. The summed E-state index contributed by atoms with van der Waals surface area (Å²) in [7, 11) is 0. The first-order valence-electron chi connectivity index (χ1n) is 6.49. The van der Waals surface area contributed by atoms with Crippen LogP contribution in [0.3, 0.4) is 0 Å². The summed E-state index contributed by atoms with van der Waals surface area (Å²) in [5.74, 6) is 1.59. The lowest BCUT2D eigenvalue weighted by Crippen LogP contribution is -2.34. The lowest BCUT2D eigenvalue weighted by molar-refractivity contribution is -0.0284. The third-order valence-corrected chi connectivity index (χ3v) is 3.46. The van der Waals surface area contributed by atoms with Gasteiger partial charge >= 0.3 is 0 Å². The molecule has 0 saturated heterocycles. The molecule has 1 fully saturated rings. The summed E-state index contributed by atoms with van der Waals surface area (Å²) in [6, 6.07) is 0.00465. The van der Waals surface area contributed by atoms with E-state index < -0.39 is 0 Å². The van der Waals surface area contributed by atoms with Crippen molar-refractivity contribution < 1.29 is 4.74 Å². The van der Waals surface area contributed by atoms with Crippen molar-refractivity contribution in [3.05, 3.63) is 12.2 Å². The lowest BCUT2D eigenvalue weighted by atomic mass is 9.78. The van der Waals surface area contributed by atoms with Gasteiger partial charge in [-0.25, -0.2) is 9.67 Å². The molecule has 17 heavy (non-hydrogen) atoms. The Morgan fingerprint density at radius 3 is 2.94 bits per heavy atom. The number of hydrogen-bond donors (Lipinski definition) is 1. The molecule has 96 valence electrons. The van der Waals surface area contributed by atoms with Crippen LogP contribution in [-0.4, -0.2) is 27.5 Å². The zero-order chi connectivity index (χ0) is 12.3. The Balaban J connectivity index is 1.80. The van der Waals surface area contributed by atoms with E-state index in [2.05, 4.69) is 17.0 Å². The molecule has 1 aliphatic carbocycles. The van der Waals surface area contributed by atoms with Crippen molar-refractivity contribution in [2.24, 2.45) is 11.7 Å². The monoisotopic (exact) mass is 238 g/mol. The van der Waals surface area contributed by atoms with E-state index in [0.717, 1.165) is 38.2 Å². The standard InChI is InChI=1S/C12H22N4O/c1-3-16-12(14-8-15-16)11(13)7-9-5-10(6-9)17-4-2/h8-11H,3-7,13H2,1-2H3. The molecular weight excluding hydrogens is 216 g/mol. The maximum Gasteiger partial charge on any atom is 0.143 e. The van der Waals surface area contributed by atoms with Crippen molar-refractivity contribution in [3.63, 3.8) is 0 Å². The molecule has 2 N–H and O–H groups in total. The molecule has 1 heterocycles. The fourth-order valence-electron chi connectivity index (χ4n) is 2.51. The molecule has 0 spiro atoms. The second-order valence-electron chi connectivity index (χ2n) is 4.69. The molecule has 1 aromatic rings. The van der Waals surface area contributed by atoms with Gasteiger partial charge in [-0.15, -0.1) is 0 Å². The first-order chi connectivity index (χ1) is 8.24. The minimum Gasteiger partial charge on any atom is -0.378 e. The van der Waals surface area contributed by atoms with Crippen LogP contribution in [0.5, 0.6) is 0 Å². The number of ether oxygens (including phenoxy) is 1. The SMILES string of the molecule is CCOC1CC(CC(N)c2ncnn2CC)C1. The Kier molecular flexibility index (Phi) is 4.12. The maximum atomic E-state index is 6.18. The van der Waals surface area contributed by atoms with Gasteiger partial charge in [-0.05, 0) is 39.0 Å². The van der Waals surface area contributed by atoms with Crippen molar-refractivity contribution in [1.82, 2.24) is 14.8 Å². The van der Waals surface area contributed by atoms with E-state index in [0.29, 0.717) is 12.0 Å². The van der Waals surface area contributed by atoms with Crippen molar-refractivity contribution >= 4 is 0 Å². The summed E-state index contributed by atoms with van der Waals surface area (Å²) >= 11 is 0.